The van der Waals surface area contributed by atoms with E-state index < -0.39 is 9.84 Å². The molecule has 0 aromatic rings. The van der Waals surface area contributed by atoms with E-state index in [1.54, 1.807) is 0 Å². The highest BCUT2D eigenvalue weighted by Gasteiger charge is 2.33. The highest BCUT2D eigenvalue weighted by atomic mass is 32.2. The van der Waals surface area contributed by atoms with Crippen LogP contribution in [0.5, 0.6) is 0 Å². The van der Waals surface area contributed by atoms with Crippen molar-refractivity contribution in [3.05, 3.63) is 0 Å². The van der Waals surface area contributed by atoms with Gasteiger partial charge in [-0.2, -0.15) is 0 Å². The normalized spacial score (nSPS) is 26.7. The third-order valence-electron chi connectivity index (χ3n) is 4.10. The molecule has 1 heterocycles. The van der Waals surface area contributed by atoms with Crippen molar-refractivity contribution in [2.24, 2.45) is 5.92 Å². The van der Waals surface area contributed by atoms with Crippen molar-refractivity contribution in [3.63, 3.8) is 0 Å². The average molecular weight is 276 g/mol. The van der Waals surface area contributed by atoms with E-state index in [0.717, 1.165) is 13.0 Å². The van der Waals surface area contributed by atoms with E-state index in [4.69, 9.17) is 0 Å². The van der Waals surface area contributed by atoms with Crippen molar-refractivity contribution in [3.8, 4) is 0 Å². The molecule has 1 aliphatic heterocycles. The Bertz CT molecular complexity index is 354. The summed E-state index contributed by atoms with van der Waals surface area (Å²) in [6.45, 7) is 9.68. The molecule has 108 valence electrons. The predicted molar refractivity (Wildman–Crippen MR) is 76.6 cm³/mol. The van der Waals surface area contributed by atoms with Gasteiger partial charge in [-0.15, -0.1) is 0 Å². The topological polar surface area (TPSA) is 49.4 Å². The Morgan fingerprint density at radius 3 is 2.33 bits per heavy atom. The second kappa shape index (κ2) is 6.35. The largest absolute Gasteiger partial charge is 0.314 e. The Hall–Kier alpha value is -0.130. The lowest BCUT2D eigenvalue weighted by molar-refractivity contribution is 0.151. The first kappa shape index (κ1) is 15.9. The Morgan fingerprint density at radius 2 is 1.89 bits per heavy atom. The maximum absolute atomic E-state index is 11.5. The molecule has 1 N–H and O–H groups in total. The fourth-order valence-corrected chi connectivity index (χ4v) is 4.21. The van der Waals surface area contributed by atoms with Crippen molar-refractivity contribution in [2.75, 3.05) is 25.1 Å². The maximum Gasteiger partial charge on any atom is 0.151 e. The molecule has 0 amide bonds. The lowest BCUT2D eigenvalue weighted by Gasteiger charge is -2.34. The van der Waals surface area contributed by atoms with Crippen LogP contribution in [0.25, 0.3) is 0 Å². The van der Waals surface area contributed by atoms with Gasteiger partial charge >= 0.3 is 0 Å². The second-order valence-electron chi connectivity index (χ2n) is 6.00. The lowest BCUT2D eigenvalue weighted by Crippen LogP contribution is -2.45. The minimum absolute atomic E-state index is 0.200. The molecule has 0 aromatic heterocycles. The molecule has 4 nitrogen and oxygen atoms in total. The number of rotatable bonds is 6. The summed E-state index contributed by atoms with van der Waals surface area (Å²) in [4.78, 5) is 2.25. The second-order valence-corrected chi connectivity index (χ2v) is 8.23. The van der Waals surface area contributed by atoms with Crippen LogP contribution in [0.3, 0.4) is 0 Å². The summed E-state index contributed by atoms with van der Waals surface area (Å²) in [5.41, 5.74) is 0. The van der Waals surface area contributed by atoms with Crippen LogP contribution < -0.4 is 5.32 Å². The summed E-state index contributed by atoms with van der Waals surface area (Å²) in [7, 11) is -0.725. The van der Waals surface area contributed by atoms with Crippen molar-refractivity contribution in [1.82, 2.24) is 10.2 Å². The van der Waals surface area contributed by atoms with Gasteiger partial charge in [0.2, 0.25) is 0 Å². The minimum atomic E-state index is -2.78. The Balaban J connectivity index is 2.48. The van der Waals surface area contributed by atoms with E-state index >= 15 is 0 Å². The quantitative estimate of drug-likeness (QED) is 0.790. The molecule has 5 heteroatoms. The molecule has 0 saturated carbocycles. The zero-order chi connectivity index (χ0) is 13.9. The van der Waals surface area contributed by atoms with Gasteiger partial charge in [-0.05, 0) is 32.9 Å². The van der Waals surface area contributed by atoms with Gasteiger partial charge in [-0.1, -0.05) is 20.8 Å². The van der Waals surface area contributed by atoms with Crippen LogP contribution in [-0.2, 0) is 9.84 Å². The van der Waals surface area contributed by atoms with Crippen LogP contribution in [0.2, 0.25) is 0 Å². The standard InChI is InChI=1S/C13H28N2O2S/c1-10(2)14-8-11(3)12(4)15(5)13-6-7-18(16,17)9-13/h10-14H,6-9H2,1-5H3. The van der Waals surface area contributed by atoms with E-state index in [1.807, 2.05) is 0 Å². The summed E-state index contributed by atoms with van der Waals surface area (Å²) in [6, 6.07) is 1.10. The molecule has 0 radical (unpaired) electrons. The molecule has 18 heavy (non-hydrogen) atoms. The van der Waals surface area contributed by atoms with E-state index in [2.05, 4.69) is 45.0 Å². The summed E-state index contributed by atoms with van der Waals surface area (Å²) in [5.74, 6) is 1.20. The van der Waals surface area contributed by atoms with Gasteiger partial charge in [0.15, 0.2) is 9.84 Å². The first-order chi connectivity index (χ1) is 8.23. The lowest BCUT2D eigenvalue weighted by atomic mass is 10.0. The number of sulfone groups is 1. The van der Waals surface area contributed by atoms with E-state index in [-0.39, 0.29) is 6.04 Å². The molecular formula is C13H28N2O2S. The van der Waals surface area contributed by atoms with Crippen molar-refractivity contribution >= 4 is 9.84 Å². The Morgan fingerprint density at radius 1 is 1.28 bits per heavy atom. The highest BCUT2D eigenvalue weighted by Crippen LogP contribution is 2.21. The molecule has 1 aliphatic rings. The van der Waals surface area contributed by atoms with E-state index in [9.17, 15) is 8.42 Å². The predicted octanol–water partition coefficient (Wildman–Crippen LogP) is 1.13. The zero-order valence-electron chi connectivity index (χ0n) is 12.3. The molecule has 0 bridgehead atoms. The average Bonchev–Trinajstić information content (AvgIpc) is 2.64. The monoisotopic (exact) mass is 276 g/mol. The van der Waals surface area contributed by atoms with Crippen LogP contribution >= 0.6 is 0 Å². The maximum atomic E-state index is 11.5. The van der Waals surface area contributed by atoms with Gasteiger partial charge in [0.25, 0.3) is 0 Å². The van der Waals surface area contributed by atoms with Crippen molar-refractivity contribution < 1.29 is 8.42 Å². The first-order valence-electron chi connectivity index (χ1n) is 6.88. The molecular weight excluding hydrogens is 248 g/mol. The molecule has 3 atom stereocenters. The number of nitrogens with one attached hydrogen (secondary N) is 1. The number of hydrogen-bond donors (Lipinski definition) is 1. The van der Waals surface area contributed by atoms with E-state index in [1.165, 1.54) is 0 Å². The molecule has 0 aliphatic carbocycles. The zero-order valence-corrected chi connectivity index (χ0v) is 13.1. The molecule has 0 spiro atoms. The van der Waals surface area contributed by atoms with Gasteiger partial charge in [0, 0.05) is 18.1 Å². The van der Waals surface area contributed by atoms with Gasteiger partial charge in [-0.3, -0.25) is 4.90 Å². The fraction of sp³-hybridized carbons (Fsp3) is 1.00. The van der Waals surface area contributed by atoms with Gasteiger partial charge in [-0.25, -0.2) is 8.42 Å². The Labute approximate surface area is 112 Å². The summed E-state index contributed by atoms with van der Waals surface area (Å²) in [5, 5.41) is 3.44. The summed E-state index contributed by atoms with van der Waals surface area (Å²) in [6.07, 6.45) is 0.785. The van der Waals surface area contributed by atoms with Crippen molar-refractivity contribution in [2.45, 2.75) is 52.2 Å². The number of hydrogen-bond acceptors (Lipinski definition) is 4. The first-order valence-corrected chi connectivity index (χ1v) is 8.71. The third-order valence-corrected chi connectivity index (χ3v) is 5.85. The molecule has 3 unspecified atom stereocenters. The summed E-state index contributed by atoms with van der Waals surface area (Å²) >= 11 is 0. The minimum Gasteiger partial charge on any atom is -0.314 e. The molecule has 0 aromatic carbocycles. The van der Waals surface area contributed by atoms with Crippen LogP contribution in [0, 0.1) is 5.92 Å². The fourth-order valence-electron chi connectivity index (χ4n) is 2.42. The van der Waals surface area contributed by atoms with Crippen LogP contribution in [0.1, 0.15) is 34.1 Å². The Kier molecular flexibility index (Phi) is 5.62. The smallest absolute Gasteiger partial charge is 0.151 e. The van der Waals surface area contributed by atoms with E-state index in [0.29, 0.717) is 29.5 Å². The molecule has 1 fully saturated rings. The summed E-state index contributed by atoms with van der Waals surface area (Å²) < 4.78 is 23.0. The van der Waals surface area contributed by atoms with Gasteiger partial charge < -0.3 is 5.32 Å². The van der Waals surface area contributed by atoms with Gasteiger partial charge in [0.05, 0.1) is 11.5 Å². The van der Waals surface area contributed by atoms with Gasteiger partial charge in [0.1, 0.15) is 0 Å². The molecule has 1 saturated heterocycles. The SMILES string of the molecule is CC(C)NCC(C)C(C)N(C)C1CCS(=O)(=O)C1. The van der Waals surface area contributed by atoms with Crippen LogP contribution in [0.4, 0.5) is 0 Å². The number of nitrogens with zero attached hydrogens (tertiary/aromatic N) is 1. The van der Waals surface area contributed by atoms with Crippen LogP contribution in [0.15, 0.2) is 0 Å². The third kappa shape index (κ3) is 4.52. The molecule has 1 rings (SSSR count). The van der Waals surface area contributed by atoms with Crippen LogP contribution in [-0.4, -0.2) is 56.5 Å². The van der Waals surface area contributed by atoms with Crippen molar-refractivity contribution in [1.29, 1.82) is 0 Å². The highest BCUT2D eigenvalue weighted by molar-refractivity contribution is 7.91.